The number of hydrogen-bond acceptors (Lipinski definition) is 3. The molecule has 1 N–H and O–H groups in total. The zero-order chi connectivity index (χ0) is 13.1. The molecule has 1 aromatic carbocycles. The molecule has 0 fully saturated rings. The molecular weight excluding hydrogens is 226 g/mol. The smallest absolute Gasteiger partial charge is 0.112 e. The number of benzene rings is 1. The number of nitrogens with zero attached hydrogens (tertiary/aromatic N) is 3. The first kappa shape index (κ1) is 12.8. The fourth-order valence-corrected chi connectivity index (χ4v) is 1.94. The van der Waals surface area contributed by atoms with Crippen molar-refractivity contribution in [3.8, 4) is 5.69 Å². The Morgan fingerprint density at radius 2 is 1.89 bits per heavy atom. The average molecular weight is 245 g/mol. The van der Waals surface area contributed by atoms with Crippen molar-refractivity contribution in [2.24, 2.45) is 5.92 Å². The van der Waals surface area contributed by atoms with Crippen molar-refractivity contribution in [3.63, 3.8) is 0 Å². The second-order valence-corrected chi connectivity index (χ2v) is 4.99. The van der Waals surface area contributed by atoms with E-state index in [9.17, 15) is 5.11 Å². The zero-order valence-corrected chi connectivity index (χ0v) is 11.1. The Balaban J connectivity index is 2.43. The van der Waals surface area contributed by atoms with Crippen LogP contribution in [0.25, 0.3) is 5.69 Å². The van der Waals surface area contributed by atoms with Gasteiger partial charge >= 0.3 is 0 Å². The summed E-state index contributed by atoms with van der Waals surface area (Å²) in [4.78, 5) is 0. The first-order chi connectivity index (χ1) is 8.61. The molecule has 0 bridgehead atoms. The van der Waals surface area contributed by atoms with Gasteiger partial charge in [-0.05, 0) is 31.4 Å². The lowest BCUT2D eigenvalue weighted by Crippen LogP contribution is -2.07. The summed E-state index contributed by atoms with van der Waals surface area (Å²) in [6.45, 7) is 6.29. The first-order valence-electron chi connectivity index (χ1n) is 6.23. The monoisotopic (exact) mass is 245 g/mol. The second-order valence-electron chi connectivity index (χ2n) is 4.99. The van der Waals surface area contributed by atoms with E-state index >= 15 is 0 Å². The van der Waals surface area contributed by atoms with Gasteiger partial charge in [0.2, 0.25) is 0 Å². The maximum Gasteiger partial charge on any atom is 0.112 e. The second kappa shape index (κ2) is 5.31. The Morgan fingerprint density at radius 3 is 2.44 bits per heavy atom. The van der Waals surface area contributed by atoms with Gasteiger partial charge in [-0.3, -0.25) is 0 Å². The third kappa shape index (κ3) is 2.59. The number of aliphatic hydroxyl groups is 1. The lowest BCUT2D eigenvalue weighted by molar-refractivity contribution is 0.275. The molecular formula is C14H19N3O. The topological polar surface area (TPSA) is 50.9 Å². The van der Waals surface area contributed by atoms with E-state index in [0.717, 1.165) is 17.8 Å². The van der Waals surface area contributed by atoms with Crippen molar-refractivity contribution in [3.05, 3.63) is 41.2 Å². The minimum atomic E-state index is -0.0616. The lowest BCUT2D eigenvalue weighted by Gasteiger charge is -2.09. The number of hydrogen-bond donors (Lipinski definition) is 1. The van der Waals surface area contributed by atoms with E-state index in [0.29, 0.717) is 11.6 Å². The van der Waals surface area contributed by atoms with E-state index in [1.54, 1.807) is 0 Å². The highest BCUT2D eigenvalue weighted by molar-refractivity contribution is 5.35. The molecule has 4 heteroatoms. The zero-order valence-electron chi connectivity index (χ0n) is 11.1. The van der Waals surface area contributed by atoms with Crippen LogP contribution in [0.15, 0.2) is 24.3 Å². The highest BCUT2D eigenvalue weighted by Gasteiger charge is 2.14. The fourth-order valence-electron chi connectivity index (χ4n) is 1.94. The summed E-state index contributed by atoms with van der Waals surface area (Å²) < 4.78 is 1.82. The van der Waals surface area contributed by atoms with Crippen LogP contribution in [0.4, 0.5) is 0 Å². The van der Waals surface area contributed by atoms with Crippen molar-refractivity contribution >= 4 is 0 Å². The normalized spacial score (nSPS) is 11.2. The summed E-state index contributed by atoms with van der Waals surface area (Å²) >= 11 is 0. The van der Waals surface area contributed by atoms with E-state index < -0.39 is 0 Å². The maximum absolute atomic E-state index is 9.32. The Labute approximate surface area is 107 Å². The van der Waals surface area contributed by atoms with Crippen LogP contribution in [-0.4, -0.2) is 20.1 Å². The third-order valence-electron chi connectivity index (χ3n) is 2.87. The first-order valence-corrected chi connectivity index (χ1v) is 6.23. The van der Waals surface area contributed by atoms with E-state index in [1.165, 1.54) is 5.56 Å². The van der Waals surface area contributed by atoms with Gasteiger partial charge < -0.3 is 5.11 Å². The summed E-state index contributed by atoms with van der Waals surface area (Å²) in [7, 11) is 0. The summed E-state index contributed by atoms with van der Waals surface area (Å²) in [6.07, 6.45) is 0.858. The van der Waals surface area contributed by atoms with E-state index in [-0.39, 0.29) is 6.61 Å². The van der Waals surface area contributed by atoms with Gasteiger partial charge in [0.15, 0.2) is 0 Å². The van der Waals surface area contributed by atoms with Crippen LogP contribution in [0.1, 0.15) is 30.8 Å². The van der Waals surface area contributed by atoms with Crippen LogP contribution in [0.3, 0.4) is 0 Å². The van der Waals surface area contributed by atoms with Crippen LogP contribution >= 0.6 is 0 Å². The van der Waals surface area contributed by atoms with Gasteiger partial charge in [0.25, 0.3) is 0 Å². The van der Waals surface area contributed by atoms with Crippen molar-refractivity contribution in [2.75, 3.05) is 0 Å². The van der Waals surface area contributed by atoms with Gasteiger partial charge in [0.05, 0.1) is 18.0 Å². The number of aromatic nitrogens is 3. The Hall–Kier alpha value is -1.68. The van der Waals surface area contributed by atoms with Gasteiger partial charge in [-0.25, -0.2) is 4.68 Å². The molecule has 0 unspecified atom stereocenters. The molecule has 1 aromatic heterocycles. The molecule has 2 aromatic rings. The molecule has 0 saturated heterocycles. The van der Waals surface area contributed by atoms with Crippen molar-refractivity contribution < 1.29 is 5.11 Å². The third-order valence-corrected chi connectivity index (χ3v) is 2.87. The molecule has 0 aliphatic heterocycles. The standard InChI is InChI=1S/C14H19N3O/c1-10(2)8-14-13(9-18)15-16-17(14)12-6-4-11(3)5-7-12/h4-7,10,18H,8-9H2,1-3H3. The predicted octanol–water partition coefficient (Wildman–Crippen LogP) is 2.27. The van der Waals surface area contributed by atoms with Crippen LogP contribution in [0, 0.1) is 12.8 Å². The number of aliphatic hydroxyl groups excluding tert-OH is 1. The quantitative estimate of drug-likeness (QED) is 0.899. The van der Waals surface area contributed by atoms with Crippen molar-refractivity contribution in [2.45, 2.75) is 33.8 Å². The van der Waals surface area contributed by atoms with Crippen LogP contribution in [-0.2, 0) is 13.0 Å². The Morgan fingerprint density at radius 1 is 1.22 bits per heavy atom. The molecule has 2 rings (SSSR count). The van der Waals surface area contributed by atoms with Crippen LogP contribution in [0.5, 0.6) is 0 Å². The van der Waals surface area contributed by atoms with Crippen molar-refractivity contribution in [1.29, 1.82) is 0 Å². The molecule has 4 nitrogen and oxygen atoms in total. The molecule has 1 heterocycles. The predicted molar refractivity (Wildman–Crippen MR) is 70.6 cm³/mol. The molecule has 0 amide bonds. The molecule has 0 radical (unpaired) electrons. The highest BCUT2D eigenvalue weighted by atomic mass is 16.3. The molecule has 0 saturated carbocycles. The molecule has 18 heavy (non-hydrogen) atoms. The summed E-state index contributed by atoms with van der Waals surface area (Å²) in [5, 5.41) is 17.5. The summed E-state index contributed by atoms with van der Waals surface area (Å²) in [5.74, 6) is 0.498. The molecule has 0 spiro atoms. The minimum absolute atomic E-state index is 0.0616. The van der Waals surface area contributed by atoms with Gasteiger partial charge in [0, 0.05) is 0 Å². The fraction of sp³-hybridized carbons (Fsp3) is 0.429. The lowest BCUT2D eigenvalue weighted by atomic mass is 10.1. The largest absolute Gasteiger partial charge is 0.390 e. The molecule has 0 atom stereocenters. The molecule has 0 aliphatic carbocycles. The Kier molecular flexibility index (Phi) is 3.77. The maximum atomic E-state index is 9.32. The van der Waals surface area contributed by atoms with Crippen molar-refractivity contribution in [1.82, 2.24) is 15.0 Å². The highest BCUT2D eigenvalue weighted by Crippen LogP contribution is 2.17. The van der Waals surface area contributed by atoms with Gasteiger partial charge in [-0.15, -0.1) is 5.10 Å². The van der Waals surface area contributed by atoms with E-state index in [4.69, 9.17) is 0 Å². The summed E-state index contributed by atoms with van der Waals surface area (Å²) in [6, 6.07) is 8.15. The SMILES string of the molecule is Cc1ccc(-n2nnc(CO)c2CC(C)C)cc1. The van der Waals surface area contributed by atoms with Gasteiger partial charge in [0.1, 0.15) is 5.69 Å². The van der Waals surface area contributed by atoms with E-state index in [1.807, 2.05) is 16.8 Å². The molecule has 0 aliphatic rings. The van der Waals surface area contributed by atoms with Crippen LogP contribution in [0.2, 0.25) is 0 Å². The number of rotatable bonds is 4. The van der Waals surface area contributed by atoms with Gasteiger partial charge in [-0.1, -0.05) is 36.8 Å². The average Bonchev–Trinajstić information content (AvgIpc) is 2.72. The van der Waals surface area contributed by atoms with Crippen LogP contribution < -0.4 is 0 Å². The minimum Gasteiger partial charge on any atom is -0.390 e. The number of aryl methyl sites for hydroxylation is 1. The van der Waals surface area contributed by atoms with E-state index in [2.05, 4.69) is 43.2 Å². The van der Waals surface area contributed by atoms with Gasteiger partial charge in [-0.2, -0.15) is 0 Å². The Bertz CT molecular complexity index is 514. The summed E-state index contributed by atoms with van der Waals surface area (Å²) in [5.41, 5.74) is 3.87. The molecule has 96 valence electrons.